The molecule has 0 radical (unpaired) electrons. The van der Waals surface area contributed by atoms with E-state index in [0.29, 0.717) is 16.6 Å². The highest BCUT2D eigenvalue weighted by Crippen LogP contribution is 2.20. The molecule has 1 N–H and O–H groups in total. The number of aromatic amines is 1. The molecule has 5 heteroatoms. The van der Waals surface area contributed by atoms with Crippen LogP contribution >= 0.6 is 11.6 Å². The van der Waals surface area contributed by atoms with Crippen molar-refractivity contribution in [1.29, 1.82) is 0 Å². The van der Waals surface area contributed by atoms with Crippen molar-refractivity contribution in [1.82, 2.24) is 9.97 Å². The van der Waals surface area contributed by atoms with E-state index in [2.05, 4.69) is 14.7 Å². The standard InChI is InChI=1S/C9H7ClN2O2/c1-14-9(13)6-4-7(10)12-8-5(6)2-3-11-8/h2-4H,1H3,(H,11,12). The Balaban J connectivity index is 2.72. The first-order valence-electron chi connectivity index (χ1n) is 3.94. The van der Waals surface area contributed by atoms with Crippen molar-refractivity contribution in [3.05, 3.63) is 29.0 Å². The predicted octanol–water partition coefficient (Wildman–Crippen LogP) is 2.00. The van der Waals surface area contributed by atoms with Gasteiger partial charge in [0.2, 0.25) is 0 Å². The fourth-order valence-corrected chi connectivity index (χ4v) is 1.48. The zero-order chi connectivity index (χ0) is 10.1. The van der Waals surface area contributed by atoms with Crippen molar-refractivity contribution in [2.75, 3.05) is 7.11 Å². The van der Waals surface area contributed by atoms with Crippen LogP contribution in [0.25, 0.3) is 11.0 Å². The van der Waals surface area contributed by atoms with Gasteiger partial charge in [-0.1, -0.05) is 11.6 Å². The van der Waals surface area contributed by atoms with Crippen LogP contribution in [0.1, 0.15) is 10.4 Å². The summed E-state index contributed by atoms with van der Waals surface area (Å²) in [4.78, 5) is 18.2. The minimum atomic E-state index is -0.418. The number of rotatable bonds is 1. The monoisotopic (exact) mass is 210 g/mol. The van der Waals surface area contributed by atoms with E-state index >= 15 is 0 Å². The number of nitrogens with one attached hydrogen (secondary N) is 1. The number of pyridine rings is 1. The van der Waals surface area contributed by atoms with Crippen LogP contribution in [0.2, 0.25) is 5.15 Å². The second-order valence-electron chi connectivity index (χ2n) is 2.72. The van der Waals surface area contributed by atoms with E-state index in [1.807, 2.05) is 0 Å². The molecule has 72 valence electrons. The molecule has 0 fully saturated rings. The lowest BCUT2D eigenvalue weighted by molar-refractivity contribution is 0.0603. The molecule has 2 rings (SSSR count). The molecular weight excluding hydrogens is 204 g/mol. The lowest BCUT2D eigenvalue weighted by Crippen LogP contribution is -2.02. The quantitative estimate of drug-likeness (QED) is 0.579. The molecule has 14 heavy (non-hydrogen) atoms. The maximum atomic E-state index is 11.4. The molecule has 2 aromatic heterocycles. The summed E-state index contributed by atoms with van der Waals surface area (Å²) in [5, 5.41) is 0.974. The Labute approximate surface area is 84.9 Å². The Hall–Kier alpha value is -1.55. The van der Waals surface area contributed by atoms with Gasteiger partial charge in [-0.3, -0.25) is 0 Å². The Morgan fingerprint density at radius 2 is 2.43 bits per heavy atom. The number of hydrogen-bond donors (Lipinski definition) is 1. The third kappa shape index (κ3) is 1.33. The third-order valence-electron chi connectivity index (χ3n) is 1.90. The van der Waals surface area contributed by atoms with Crippen LogP contribution in [-0.4, -0.2) is 23.0 Å². The summed E-state index contributed by atoms with van der Waals surface area (Å²) >= 11 is 5.74. The molecule has 0 aliphatic carbocycles. The van der Waals surface area contributed by atoms with Crippen LogP contribution in [0.5, 0.6) is 0 Å². The molecule has 0 atom stereocenters. The van der Waals surface area contributed by atoms with Crippen LogP contribution in [0, 0.1) is 0 Å². The molecule has 2 aromatic rings. The molecule has 0 saturated heterocycles. The second-order valence-corrected chi connectivity index (χ2v) is 3.11. The molecule has 0 bridgehead atoms. The Bertz CT molecular complexity index is 493. The maximum absolute atomic E-state index is 11.4. The van der Waals surface area contributed by atoms with Gasteiger partial charge in [-0.2, -0.15) is 0 Å². The summed E-state index contributed by atoms with van der Waals surface area (Å²) in [5.41, 5.74) is 1.00. The van der Waals surface area contributed by atoms with Gasteiger partial charge in [0, 0.05) is 11.6 Å². The van der Waals surface area contributed by atoms with Crippen molar-refractivity contribution < 1.29 is 9.53 Å². The number of carbonyl (C=O) groups is 1. The van der Waals surface area contributed by atoms with Gasteiger partial charge in [0.15, 0.2) is 0 Å². The number of hydrogen-bond acceptors (Lipinski definition) is 3. The molecule has 0 amide bonds. The molecule has 0 spiro atoms. The van der Waals surface area contributed by atoms with Crippen LogP contribution in [0.15, 0.2) is 18.3 Å². The van der Waals surface area contributed by atoms with Crippen molar-refractivity contribution in [3.8, 4) is 0 Å². The van der Waals surface area contributed by atoms with Gasteiger partial charge in [-0.25, -0.2) is 9.78 Å². The van der Waals surface area contributed by atoms with Gasteiger partial charge < -0.3 is 9.72 Å². The number of methoxy groups -OCH3 is 1. The SMILES string of the molecule is COC(=O)c1cc(Cl)nc2[nH]ccc12. The highest BCUT2D eigenvalue weighted by atomic mass is 35.5. The zero-order valence-electron chi connectivity index (χ0n) is 7.37. The normalized spacial score (nSPS) is 10.4. The van der Waals surface area contributed by atoms with Crippen LogP contribution in [0.4, 0.5) is 0 Å². The average Bonchev–Trinajstić information content (AvgIpc) is 2.62. The number of aromatic nitrogens is 2. The molecule has 0 aliphatic heterocycles. The van der Waals surface area contributed by atoms with Crippen LogP contribution in [-0.2, 0) is 4.74 Å². The summed E-state index contributed by atoms with van der Waals surface area (Å²) in [6.45, 7) is 0. The first kappa shape index (κ1) is 9.02. The average molecular weight is 211 g/mol. The van der Waals surface area contributed by atoms with Crippen LogP contribution in [0.3, 0.4) is 0 Å². The van der Waals surface area contributed by atoms with Crippen molar-refractivity contribution in [2.24, 2.45) is 0 Å². The zero-order valence-corrected chi connectivity index (χ0v) is 8.13. The third-order valence-corrected chi connectivity index (χ3v) is 2.10. The van der Waals surface area contributed by atoms with Gasteiger partial charge in [0.25, 0.3) is 0 Å². The van der Waals surface area contributed by atoms with E-state index in [-0.39, 0.29) is 5.15 Å². The molecule has 0 saturated carbocycles. The Morgan fingerprint density at radius 1 is 1.64 bits per heavy atom. The summed E-state index contributed by atoms with van der Waals surface area (Å²) in [6.07, 6.45) is 1.69. The topological polar surface area (TPSA) is 55.0 Å². The lowest BCUT2D eigenvalue weighted by Gasteiger charge is -2.00. The number of nitrogens with zero attached hydrogens (tertiary/aromatic N) is 1. The summed E-state index contributed by atoms with van der Waals surface area (Å²) in [6, 6.07) is 3.24. The van der Waals surface area contributed by atoms with E-state index in [4.69, 9.17) is 11.6 Å². The molecular formula is C9H7ClN2O2. The number of ether oxygens (including phenoxy) is 1. The van der Waals surface area contributed by atoms with E-state index in [9.17, 15) is 4.79 Å². The molecule has 2 heterocycles. The predicted molar refractivity (Wildman–Crippen MR) is 52.4 cm³/mol. The van der Waals surface area contributed by atoms with Gasteiger partial charge >= 0.3 is 5.97 Å². The van der Waals surface area contributed by atoms with Gasteiger partial charge in [-0.15, -0.1) is 0 Å². The van der Waals surface area contributed by atoms with E-state index in [1.54, 1.807) is 12.3 Å². The lowest BCUT2D eigenvalue weighted by atomic mass is 10.2. The second kappa shape index (κ2) is 3.31. The van der Waals surface area contributed by atoms with E-state index < -0.39 is 5.97 Å². The van der Waals surface area contributed by atoms with E-state index in [1.165, 1.54) is 13.2 Å². The van der Waals surface area contributed by atoms with Gasteiger partial charge in [-0.05, 0) is 12.1 Å². The first-order chi connectivity index (χ1) is 6.72. The fourth-order valence-electron chi connectivity index (χ4n) is 1.29. The van der Waals surface area contributed by atoms with Gasteiger partial charge in [0.1, 0.15) is 10.8 Å². The number of H-pyrrole nitrogens is 1. The minimum absolute atomic E-state index is 0.264. The smallest absolute Gasteiger partial charge is 0.338 e. The highest BCUT2D eigenvalue weighted by molar-refractivity contribution is 6.30. The Morgan fingerprint density at radius 3 is 3.14 bits per heavy atom. The molecule has 0 aromatic carbocycles. The summed E-state index contributed by atoms with van der Waals surface area (Å²) < 4.78 is 4.63. The minimum Gasteiger partial charge on any atom is -0.465 e. The van der Waals surface area contributed by atoms with Crippen molar-refractivity contribution in [2.45, 2.75) is 0 Å². The Kier molecular flexibility index (Phi) is 2.13. The summed E-state index contributed by atoms with van der Waals surface area (Å²) in [7, 11) is 1.33. The molecule has 4 nitrogen and oxygen atoms in total. The first-order valence-corrected chi connectivity index (χ1v) is 4.32. The number of carbonyl (C=O) groups excluding carboxylic acids is 1. The number of esters is 1. The summed E-state index contributed by atoms with van der Waals surface area (Å²) in [5.74, 6) is -0.418. The molecule has 0 unspecified atom stereocenters. The van der Waals surface area contributed by atoms with Crippen molar-refractivity contribution in [3.63, 3.8) is 0 Å². The number of halogens is 1. The van der Waals surface area contributed by atoms with E-state index in [0.717, 1.165) is 0 Å². The van der Waals surface area contributed by atoms with Crippen LogP contribution < -0.4 is 0 Å². The maximum Gasteiger partial charge on any atom is 0.338 e. The van der Waals surface area contributed by atoms with Gasteiger partial charge in [0.05, 0.1) is 12.7 Å². The highest BCUT2D eigenvalue weighted by Gasteiger charge is 2.12. The van der Waals surface area contributed by atoms with Crippen molar-refractivity contribution >= 4 is 28.6 Å². The fraction of sp³-hybridized carbons (Fsp3) is 0.111. The largest absolute Gasteiger partial charge is 0.465 e. The molecule has 0 aliphatic rings. The number of fused-ring (bicyclic) bond motifs is 1.